The van der Waals surface area contributed by atoms with Crippen molar-refractivity contribution in [3.8, 4) is 5.88 Å². The van der Waals surface area contributed by atoms with E-state index in [1.54, 1.807) is 25.4 Å². The Labute approximate surface area is 173 Å². The van der Waals surface area contributed by atoms with Crippen molar-refractivity contribution in [2.24, 2.45) is 4.99 Å². The Kier molecular flexibility index (Phi) is 10.1. The molecular formula is C16H22ClIN4O2S. The molecule has 0 saturated carbocycles. The summed E-state index contributed by atoms with van der Waals surface area (Å²) in [6.07, 6.45) is 1.10. The first-order chi connectivity index (χ1) is 11.6. The van der Waals surface area contributed by atoms with Crippen LogP contribution >= 0.6 is 46.9 Å². The van der Waals surface area contributed by atoms with E-state index in [4.69, 9.17) is 16.3 Å². The van der Waals surface area contributed by atoms with Gasteiger partial charge >= 0.3 is 0 Å². The van der Waals surface area contributed by atoms with Crippen LogP contribution in [0.1, 0.15) is 23.5 Å². The quantitative estimate of drug-likeness (QED) is 0.312. The predicted molar refractivity (Wildman–Crippen MR) is 113 cm³/mol. The molecule has 0 aliphatic carbocycles. The number of halogens is 2. The minimum absolute atomic E-state index is 0. The molecule has 0 bridgehead atoms. The number of rotatable bonds is 7. The van der Waals surface area contributed by atoms with E-state index in [0.29, 0.717) is 29.3 Å². The molecule has 25 heavy (non-hydrogen) atoms. The minimum Gasteiger partial charge on any atom is -0.481 e. The number of nitrogens with one attached hydrogen (secondary N) is 2. The number of methoxy groups -OCH3 is 1. The summed E-state index contributed by atoms with van der Waals surface area (Å²) >= 11 is 7.26. The third-order valence-corrected chi connectivity index (χ3v) is 4.49. The maximum atomic E-state index is 10.2. The summed E-state index contributed by atoms with van der Waals surface area (Å²) in [5.74, 6) is 1.21. The van der Waals surface area contributed by atoms with Crippen molar-refractivity contribution >= 4 is 52.9 Å². The zero-order chi connectivity index (χ0) is 17.4. The van der Waals surface area contributed by atoms with Crippen molar-refractivity contribution in [1.29, 1.82) is 0 Å². The summed E-state index contributed by atoms with van der Waals surface area (Å²) in [7, 11) is 1.58. The van der Waals surface area contributed by atoms with E-state index >= 15 is 0 Å². The summed E-state index contributed by atoms with van der Waals surface area (Å²) in [6.45, 7) is 3.55. The molecule has 138 valence electrons. The van der Waals surface area contributed by atoms with Crippen molar-refractivity contribution in [3.63, 3.8) is 0 Å². The van der Waals surface area contributed by atoms with Gasteiger partial charge in [0.2, 0.25) is 5.88 Å². The first-order valence-electron chi connectivity index (χ1n) is 7.56. The molecule has 6 nitrogen and oxygen atoms in total. The Balaban J connectivity index is 0.00000312. The highest BCUT2D eigenvalue weighted by atomic mass is 127. The fraction of sp³-hybridized carbons (Fsp3) is 0.375. The molecule has 2 aromatic heterocycles. The van der Waals surface area contributed by atoms with Gasteiger partial charge < -0.3 is 20.5 Å². The van der Waals surface area contributed by atoms with Gasteiger partial charge in [-0.25, -0.2) is 9.98 Å². The second-order valence-corrected chi connectivity index (χ2v) is 6.69. The monoisotopic (exact) mass is 496 g/mol. The lowest BCUT2D eigenvalue weighted by Gasteiger charge is -2.14. The van der Waals surface area contributed by atoms with Crippen molar-refractivity contribution in [2.75, 3.05) is 20.2 Å². The number of hydrogen-bond donors (Lipinski definition) is 3. The van der Waals surface area contributed by atoms with Crippen LogP contribution in [-0.4, -0.2) is 36.2 Å². The van der Waals surface area contributed by atoms with Gasteiger partial charge in [0, 0.05) is 30.2 Å². The van der Waals surface area contributed by atoms with Gasteiger partial charge in [-0.15, -0.1) is 35.3 Å². The minimum atomic E-state index is -0.631. The number of aliphatic imine (C=N–C) groups is 1. The number of hydrogen-bond acceptors (Lipinski definition) is 5. The maximum absolute atomic E-state index is 10.2. The smallest absolute Gasteiger partial charge is 0.212 e. The summed E-state index contributed by atoms with van der Waals surface area (Å²) in [6, 6.07) is 7.32. The topological polar surface area (TPSA) is 78.8 Å². The summed E-state index contributed by atoms with van der Waals surface area (Å²) < 4.78 is 5.70. The van der Waals surface area contributed by atoms with Crippen LogP contribution in [-0.2, 0) is 6.54 Å². The van der Waals surface area contributed by atoms with Crippen LogP contribution in [0.2, 0.25) is 4.34 Å². The molecule has 0 aliphatic rings. The normalized spacial score (nSPS) is 12.2. The molecular weight excluding hydrogens is 475 g/mol. The Hall–Kier alpha value is -1.10. The molecule has 3 N–H and O–H groups in total. The van der Waals surface area contributed by atoms with Crippen molar-refractivity contribution in [2.45, 2.75) is 19.6 Å². The van der Waals surface area contributed by atoms with Gasteiger partial charge in [0.05, 0.1) is 18.0 Å². The predicted octanol–water partition coefficient (Wildman–Crippen LogP) is 3.21. The number of aliphatic hydroxyl groups excluding tert-OH is 1. The Morgan fingerprint density at radius 1 is 1.36 bits per heavy atom. The van der Waals surface area contributed by atoms with Crippen LogP contribution < -0.4 is 15.4 Å². The van der Waals surface area contributed by atoms with Gasteiger partial charge in [-0.3, -0.25) is 0 Å². The van der Waals surface area contributed by atoms with Crippen LogP contribution in [0.3, 0.4) is 0 Å². The number of guanidine groups is 1. The molecule has 0 aromatic carbocycles. The molecule has 1 unspecified atom stereocenters. The lowest BCUT2D eigenvalue weighted by atomic mass is 10.3. The fourth-order valence-corrected chi connectivity index (χ4v) is 2.99. The average molecular weight is 497 g/mol. The van der Waals surface area contributed by atoms with Crippen LogP contribution in [0.25, 0.3) is 0 Å². The van der Waals surface area contributed by atoms with Crippen LogP contribution in [0.5, 0.6) is 5.88 Å². The molecule has 2 aromatic rings. The zero-order valence-corrected chi connectivity index (χ0v) is 17.9. The molecule has 1 atom stereocenters. The van der Waals surface area contributed by atoms with Crippen LogP contribution in [0, 0.1) is 0 Å². The average Bonchev–Trinajstić information content (AvgIpc) is 3.04. The highest BCUT2D eigenvalue weighted by molar-refractivity contribution is 14.0. The van der Waals surface area contributed by atoms with E-state index in [1.807, 2.05) is 19.1 Å². The van der Waals surface area contributed by atoms with E-state index in [0.717, 1.165) is 17.0 Å². The molecule has 0 fully saturated rings. The largest absolute Gasteiger partial charge is 0.481 e. The molecule has 0 saturated heterocycles. The molecule has 2 rings (SSSR count). The Morgan fingerprint density at radius 3 is 2.72 bits per heavy atom. The molecule has 0 radical (unpaired) electrons. The SMILES string of the molecule is CCNC(=NCc1ccc(OC)nc1)NCC(O)c1ccc(Cl)s1.I. The molecule has 2 heterocycles. The van der Waals surface area contributed by atoms with Gasteiger partial charge in [-0.05, 0) is 24.6 Å². The lowest BCUT2D eigenvalue weighted by Crippen LogP contribution is -2.39. The Bertz CT molecular complexity index is 666. The van der Waals surface area contributed by atoms with E-state index in [9.17, 15) is 5.11 Å². The molecule has 0 spiro atoms. The molecule has 9 heteroatoms. The van der Waals surface area contributed by atoms with Gasteiger partial charge in [0.15, 0.2) is 5.96 Å². The van der Waals surface area contributed by atoms with Crippen molar-refractivity contribution < 1.29 is 9.84 Å². The Morgan fingerprint density at radius 2 is 2.16 bits per heavy atom. The van der Waals surface area contributed by atoms with E-state index < -0.39 is 6.10 Å². The maximum Gasteiger partial charge on any atom is 0.212 e. The third kappa shape index (κ3) is 7.35. The number of ether oxygens (including phenoxy) is 1. The second kappa shape index (κ2) is 11.5. The van der Waals surface area contributed by atoms with Gasteiger partial charge in [-0.2, -0.15) is 0 Å². The van der Waals surface area contributed by atoms with Crippen molar-refractivity contribution in [1.82, 2.24) is 15.6 Å². The number of aliphatic hydroxyl groups is 1. The molecule has 0 aliphatic heterocycles. The van der Waals surface area contributed by atoms with Gasteiger partial charge in [0.1, 0.15) is 6.10 Å². The van der Waals surface area contributed by atoms with E-state index in [1.165, 1.54) is 11.3 Å². The highest BCUT2D eigenvalue weighted by Gasteiger charge is 2.11. The number of thiophene rings is 1. The molecule has 0 amide bonds. The second-order valence-electron chi connectivity index (χ2n) is 4.94. The first kappa shape index (κ1) is 21.9. The van der Waals surface area contributed by atoms with Gasteiger partial charge in [-0.1, -0.05) is 17.7 Å². The summed E-state index contributed by atoms with van der Waals surface area (Å²) in [5.41, 5.74) is 0.971. The van der Waals surface area contributed by atoms with E-state index in [2.05, 4.69) is 20.6 Å². The highest BCUT2D eigenvalue weighted by Crippen LogP contribution is 2.26. The number of nitrogens with zero attached hydrogens (tertiary/aromatic N) is 2. The lowest BCUT2D eigenvalue weighted by molar-refractivity contribution is 0.184. The standard InChI is InChI=1S/C16H21ClN4O2S.HI/c1-3-18-16(20-9-11-4-7-15(23-2)19-8-11)21-10-12(22)13-5-6-14(17)24-13;/h4-8,12,22H,3,9-10H2,1-2H3,(H2,18,20,21);1H. The summed E-state index contributed by atoms with van der Waals surface area (Å²) in [5, 5.41) is 16.5. The van der Waals surface area contributed by atoms with E-state index in [-0.39, 0.29) is 24.0 Å². The zero-order valence-electron chi connectivity index (χ0n) is 14.0. The van der Waals surface area contributed by atoms with Crippen molar-refractivity contribution in [3.05, 3.63) is 45.2 Å². The fourth-order valence-electron chi connectivity index (χ4n) is 1.94. The van der Waals surface area contributed by atoms with Gasteiger partial charge in [0.25, 0.3) is 0 Å². The van der Waals surface area contributed by atoms with Crippen LogP contribution in [0.4, 0.5) is 0 Å². The third-order valence-electron chi connectivity index (χ3n) is 3.16. The first-order valence-corrected chi connectivity index (χ1v) is 8.76. The van der Waals surface area contributed by atoms with Crippen LogP contribution in [0.15, 0.2) is 35.5 Å². The number of pyridine rings is 1. The summed E-state index contributed by atoms with van der Waals surface area (Å²) in [4.78, 5) is 9.47. The number of aromatic nitrogens is 1.